The summed E-state index contributed by atoms with van der Waals surface area (Å²) in [6.45, 7) is 0. The summed E-state index contributed by atoms with van der Waals surface area (Å²) in [5.41, 5.74) is 0.586. The van der Waals surface area contributed by atoms with Crippen LogP contribution in [0.5, 0.6) is 5.75 Å². The zero-order valence-electron chi connectivity index (χ0n) is 14.1. The van der Waals surface area contributed by atoms with Gasteiger partial charge in [-0.05, 0) is 24.3 Å². The molecule has 0 spiro atoms. The highest BCUT2D eigenvalue weighted by molar-refractivity contribution is 6.01. The summed E-state index contributed by atoms with van der Waals surface area (Å²) in [5.74, 6) is -0.0916. The molecule has 2 aromatic heterocycles. The molecule has 1 N–H and O–H groups in total. The van der Waals surface area contributed by atoms with Gasteiger partial charge in [0, 0.05) is 6.07 Å². The second-order valence-corrected chi connectivity index (χ2v) is 5.54. The molecule has 0 bridgehead atoms. The smallest absolute Gasteiger partial charge is 0.322 e. The Labute approximate surface area is 152 Å². The van der Waals surface area contributed by atoms with Gasteiger partial charge in [0.2, 0.25) is 0 Å². The van der Waals surface area contributed by atoms with Crippen molar-refractivity contribution in [3.63, 3.8) is 0 Å². The van der Waals surface area contributed by atoms with Gasteiger partial charge in [-0.15, -0.1) is 5.10 Å². The quantitative estimate of drug-likeness (QED) is 0.593. The van der Waals surface area contributed by atoms with E-state index < -0.39 is 5.91 Å². The first-order valence-electron chi connectivity index (χ1n) is 7.97. The van der Waals surface area contributed by atoms with Crippen LogP contribution in [0.15, 0.2) is 68.2 Å². The van der Waals surface area contributed by atoms with Crippen molar-refractivity contribution < 1.29 is 18.4 Å². The lowest BCUT2D eigenvalue weighted by atomic mass is 10.2. The standard InChI is InChI=1S/C19H13N3O5/c1-25-14-8-4-3-7-12(14)18-21-22-19(27-18)20-17(24)16-10-13(23)11-6-2-5-9-15(11)26-16/h2-10H,1H3,(H,20,22,24). The number of aromatic nitrogens is 2. The average Bonchev–Trinajstić information content (AvgIpc) is 3.16. The first-order valence-corrected chi connectivity index (χ1v) is 7.97. The minimum absolute atomic E-state index is 0.128. The molecule has 0 aliphatic carbocycles. The van der Waals surface area contributed by atoms with E-state index in [9.17, 15) is 9.59 Å². The lowest BCUT2D eigenvalue weighted by Gasteiger charge is -2.03. The fourth-order valence-electron chi connectivity index (χ4n) is 2.58. The summed E-state index contributed by atoms with van der Waals surface area (Å²) >= 11 is 0. The number of hydrogen-bond acceptors (Lipinski definition) is 7. The van der Waals surface area contributed by atoms with Crippen LogP contribution in [0.1, 0.15) is 10.6 Å². The molecule has 0 aliphatic heterocycles. The van der Waals surface area contributed by atoms with Gasteiger partial charge in [0.05, 0.1) is 18.1 Å². The van der Waals surface area contributed by atoms with Crippen molar-refractivity contribution in [3.05, 3.63) is 70.6 Å². The van der Waals surface area contributed by atoms with Crippen LogP contribution >= 0.6 is 0 Å². The van der Waals surface area contributed by atoms with Crippen LogP contribution in [0.2, 0.25) is 0 Å². The molecule has 1 amide bonds. The molecule has 134 valence electrons. The van der Waals surface area contributed by atoms with Crippen LogP contribution in [-0.2, 0) is 0 Å². The summed E-state index contributed by atoms with van der Waals surface area (Å²) in [4.78, 5) is 24.5. The van der Waals surface area contributed by atoms with Gasteiger partial charge in [-0.25, -0.2) is 0 Å². The number of hydrogen-bond donors (Lipinski definition) is 1. The van der Waals surface area contributed by atoms with Gasteiger partial charge in [-0.3, -0.25) is 14.9 Å². The van der Waals surface area contributed by atoms with Crippen LogP contribution in [0.4, 0.5) is 6.01 Å². The average molecular weight is 363 g/mol. The Balaban J connectivity index is 1.61. The third kappa shape index (κ3) is 3.15. The monoisotopic (exact) mass is 363 g/mol. The lowest BCUT2D eigenvalue weighted by Crippen LogP contribution is -2.15. The van der Waals surface area contributed by atoms with Crippen molar-refractivity contribution in [2.75, 3.05) is 12.4 Å². The first-order chi connectivity index (χ1) is 13.2. The van der Waals surface area contributed by atoms with Gasteiger partial charge < -0.3 is 13.6 Å². The number of anilines is 1. The zero-order valence-corrected chi connectivity index (χ0v) is 14.1. The van der Waals surface area contributed by atoms with E-state index in [1.54, 1.807) is 42.5 Å². The fourth-order valence-corrected chi connectivity index (χ4v) is 2.58. The summed E-state index contributed by atoms with van der Waals surface area (Å²) < 4.78 is 16.2. The SMILES string of the molecule is COc1ccccc1-c1nnc(NC(=O)c2cc(=O)c3ccccc3o2)o1. The second kappa shape index (κ2) is 6.75. The van der Waals surface area contributed by atoms with Crippen molar-refractivity contribution in [1.29, 1.82) is 0 Å². The van der Waals surface area contributed by atoms with Crippen molar-refractivity contribution in [2.45, 2.75) is 0 Å². The zero-order chi connectivity index (χ0) is 18.8. The van der Waals surface area contributed by atoms with Crippen LogP contribution in [0.3, 0.4) is 0 Å². The van der Waals surface area contributed by atoms with E-state index in [-0.39, 0.29) is 23.1 Å². The highest BCUT2D eigenvalue weighted by atomic mass is 16.5. The Morgan fingerprint density at radius 1 is 1.04 bits per heavy atom. The molecule has 0 atom stereocenters. The lowest BCUT2D eigenvalue weighted by molar-refractivity contribution is 0.0994. The van der Waals surface area contributed by atoms with E-state index in [1.807, 2.05) is 6.07 Å². The minimum Gasteiger partial charge on any atom is -0.496 e. The van der Waals surface area contributed by atoms with Crippen LogP contribution < -0.4 is 15.5 Å². The maximum atomic E-state index is 12.4. The number of para-hydroxylation sites is 2. The molecule has 2 heterocycles. The van der Waals surface area contributed by atoms with E-state index in [2.05, 4.69) is 15.5 Å². The van der Waals surface area contributed by atoms with Crippen LogP contribution in [-0.4, -0.2) is 23.2 Å². The Morgan fingerprint density at radius 2 is 1.81 bits per heavy atom. The van der Waals surface area contributed by atoms with Gasteiger partial charge in [0.25, 0.3) is 11.8 Å². The molecule has 0 unspecified atom stereocenters. The molecular weight excluding hydrogens is 350 g/mol. The second-order valence-electron chi connectivity index (χ2n) is 5.54. The van der Waals surface area contributed by atoms with Gasteiger partial charge >= 0.3 is 6.01 Å². The Kier molecular flexibility index (Phi) is 4.13. The summed E-state index contributed by atoms with van der Waals surface area (Å²) in [7, 11) is 1.53. The molecule has 8 nitrogen and oxygen atoms in total. The highest BCUT2D eigenvalue weighted by Gasteiger charge is 2.17. The number of carbonyl (C=O) groups is 1. The molecule has 8 heteroatoms. The number of benzene rings is 2. The summed E-state index contributed by atoms with van der Waals surface area (Å²) in [6, 6.07) is 14.8. The maximum absolute atomic E-state index is 12.4. The van der Waals surface area contributed by atoms with E-state index in [0.29, 0.717) is 22.3 Å². The van der Waals surface area contributed by atoms with Crippen molar-refractivity contribution in [3.8, 4) is 17.2 Å². The topological polar surface area (TPSA) is 107 Å². The number of nitrogens with one attached hydrogen (secondary N) is 1. The molecule has 27 heavy (non-hydrogen) atoms. The summed E-state index contributed by atoms with van der Waals surface area (Å²) in [5, 5.41) is 10.5. The largest absolute Gasteiger partial charge is 0.496 e. The predicted octanol–water partition coefficient (Wildman–Crippen LogP) is 3.10. The Morgan fingerprint density at radius 3 is 2.67 bits per heavy atom. The van der Waals surface area contributed by atoms with Gasteiger partial charge in [-0.1, -0.05) is 29.4 Å². The number of fused-ring (bicyclic) bond motifs is 1. The van der Waals surface area contributed by atoms with Gasteiger partial charge in [0.15, 0.2) is 11.2 Å². The first kappa shape index (κ1) is 16.5. The fraction of sp³-hybridized carbons (Fsp3) is 0.0526. The minimum atomic E-state index is -0.673. The van der Waals surface area contributed by atoms with E-state index in [4.69, 9.17) is 13.6 Å². The molecular formula is C19H13N3O5. The van der Waals surface area contributed by atoms with E-state index >= 15 is 0 Å². The highest BCUT2D eigenvalue weighted by Crippen LogP contribution is 2.29. The predicted molar refractivity (Wildman–Crippen MR) is 96.7 cm³/mol. The van der Waals surface area contributed by atoms with E-state index in [0.717, 1.165) is 6.07 Å². The normalized spacial score (nSPS) is 10.7. The van der Waals surface area contributed by atoms with Crippen molar-refractivity contribution in [2.24, 2.45) is 0 Å². The Hall–Kier alpha value is -3.94. The molecule has 0 saturated carbocycles. The van der Waals surface area contributed by atoms with Crippen molar-refractivity contribution in [1.82, 2.24) is 10.2 Å². The van der Waals surface area contributed by atoms with Crippen LogP contribution in [0.25, 0.3) is 22.4 Å². The number of nitrogens with zero attached hydrogens (tertiary/aromatic N) is 2. The number of carbonyl (C=O) groups excluding carboxylic acids is 1. The van der Waals surface area contributed by atoms with Crippen molar-refractivity contribution >= 4 is 22.9 Å². The number of rotatable bonds is 4. The number of methoxy groups -OCH3 is 1. The molecule has 0 saturated heterocycles. The molecule has 0 aliphatic rings. The number of ether oxygens (including phenoxy) is 1. The van der Waals surface area contributed by atoms with Crippen LogP contribution in [0, 0.1) is 0 Å². The van der Waals surface area contributed by atoms with E-state index in [1.165, 1.54) is 7.11 Å². The number of amides is 1. The third-order valence-corrected chi connectivity index (χ3v) is 3.84. The Bertz CT molecular complexity index is 1200. The molecule has 2 aromatic carbocycles. The molecule has 0 fully saturated rings. The molecule has 4 aromatic rings. The van der Waals surface area contributed by atoms with Gasteiger partial charge in [0.1, 0.15) is 11.3 Å². The molecule has 0 radical (unpaired) electrons. The maximum Gasteiger partial charge on any atom is 0.322 e. The summed E-state index contributed by atoms with van der Waals surface area (Å²) in [6.07, 6.45) is 0. The molecule has 4 rings (SSSR count). The van der Waals surface area contributed by atoms with Gasteiger partial charge in [-0.2, -0.15) is 0 Å². The third-order valence-electron chi connectivity index (χ3n) is 3.84.